The van der Waals surface area contributed by atoms with Crippen LogP contribution in [0.15, 0.2) is 67.6 Å². The molecule has 0 atom stereocenters. The van der Waals surface area contributed by atoms with E-state index in [2.05, 4.69) is 19.2 Å². The summed E-state index contributed by atoms with van der Waals surface area (Å²) in [7, 11) is 2.60. The van der Waals surface area contributed by atoms with Gasteiger partial charge in [-0.05, 0) is 39.0 Å². The number of thioether (sulfide) groups is 2. The number of nitrogens with one attached hydrogen (secondary N) is 1. The summed E-state index contributed by atoms with van der Waals surface area (Å²) in [6.45, 7) is 6.17. The van der Waals surface area contributed by atoms with Gasteiger partial charge in [0, 0.05) is 16.8 Å². The molecule has 2 aromatic carbocycles. The van der Waals surface area contributed by atoms with Crippen LogP contribution >= 0.6 is 23.5 Å². The third-order valence-corrected chi connectivity index (χ3v) is 7.85. The Hall–Kier alpha value is -2.97. The first-order chi connectivity index (χ1) is 15.7. The number of anilines is 1. The van der Waals surface area contributed by atoms with E-state index in [1.165, 1.54) is 37.7 Å². The van der Waals surface area contributed by atoms with Gasteiger partial charge in [-0.15, -0.1) is 0 Å². The summed E-state index contributed by atoms with van der Waals surface area (Å²) >= 11 is 2.44. The molecule has 0 radical (unpaired) electrons. The highest BCUT2D eigenvalue weighted by atomic mass is 32.2. The first-order valence-corrected chi connectivity index (χ1v) is 11.9. The maximum Gasteiger partial charge on any atom is 0.346 e. The number of ether oxygens (including phenoxy) is 2. The normalized spacial score (nSPS) is 18.2. The van der Waals surface area contributed by atoms with Gasteiger partial charge in [-0.1, -0.05) is 59.4 Å². The number of hydrogen-bond donors (Lipinski definition) is 1. The maximum atomic E-state index is 12.5. The molecule has 0 aliphatic carbocycles. The lowest BCUT2D eigenvalue weighted by molar-refractivity contribution is -0.138. The molecule has 2 aliphatic heterocycles. The summed E-state index contributed by atoms with van der Waals surface area (Å²) in [6, 6.07) is 16.0. The molecular formula is C25H24N2O4S2. The lowest BCUT2D eigenvalue weighted by Gasteiger charge is -2.37. The molecule has 0 bridgehead atoms. The summed E-state index contributed by atoms with van der Waals surface area (Å²) in [6.07, 6.45) is 0. The Bertz CT molecular complexity index is 1200. The number of esters is 2. The Balaban J connectivity index is 1.94. The Morgan fingerprint density at radius 1 is 0.909 bits per heavy atom. The Kier molecular flexibility index (Phi) is 6.41. The fourth-order valence-corrected chi connectivity index (χ4v) is 6.24. The average molecular weight is 481 g/mol. The number of rotatable bonds is 3. The smallest absolute Gasteiger partial charge is 0.346 e. The van der Waals surface area contributed by atoms with Gasteiger partial charge in [0.15, 0.2) is 0 Å². The second-order valence-corrected chi connectivity index (χ2v) is 10.4. The van der Waals surface area contributed by atoms with E-state index < -0.39 is 17.5 Å². The number of aryl methyl sites for hydroxylation is 1. The summed E-state index contributed by atoms with van der Waals surface area (Å²) in [5.74, 6) is -1.14. The predicted molar refractivity (Wildman–Crippen MR) is 136 cm³/mol. The summed E-state index contributed by atoms with van der Waals surface area (Å²) < 4.78 is 10.7. The zero-order valence-electron chi connectivity index (χ0n) is 19.0. The third-order valence-electron chi connectivity index (χ3n) is 5.29. The number of carbonyl (C=O) groups is 2. The van der Waals surface area contributed by atoms with Crippen molar-refractivity contribution in [3.8, 4) is 0 Å². The predicted octanol–water partition coefficient (Wildman–Crippen LogP) is 5.68. The minimum Gasteiger partial charge on any atom is -0.465 e. The van der Waals surface area contributed by atoms with Crippen molar-refractivity contribution < 1.29 is 19.1 Å². The molecule has 2 aromatic rings. The van der Waals surface area contributed by atoms with Crippen molar-refractivity contribution in [2.24, 2.45) is 4.99 Å². The van der Waals surface area contributed by atoms with Gasteiger partial charge in [0.25, 0.3) is 0 Å². The molecule has 0 saturated heterocycles. The molecule has 0 saturated carbocycles. The van der Waals surface area contributed by atoms with Gasteiger partial charge in [-0.3, -0.25) is 4.99 Å². The van der Waals surface area contributed by atoms with E-state index in [1.807, 2.05) is 55.5 Å². The Morgan fingerprint density at radius 3 is 2.06 bits per heavy atom. The van der Waals surface area contributed by atoms with E-state index in [-0.39, 0.29) is 9.81 Å². The Morgan fingerprint density at radius 2 is 1.48 bits per heavy atom. The number of nitrogens with zero attached hydrogens (tertiary/aromatic N) is 1. The zero-order valence-corrected chi connectivity index (χ0v) is 20.6. The summed E-state index contributed by atoms with van der Waals surface area (Å²) in [4.78, 5) is 30.4. The van der Waals surface area contributed by atoms with E-state index in [9.17, 15) is 9.59 Å². The van der Waals surface area contributed by atoms with Gasteiger partial charge in [0.2, 0.25) is 0 Å². The molecule has 4 rings (SSSR count). The molecule has 0 spiro atoms. The second kappa shape index (κ2) is 9.11. The first kappa shape index (κ1) is 23.2. The molecule has 0 fully saturated rings. The molecule has 0 amide bonds. The van der Waals surface area contributed by atoms with Crippen LogP contribution in [0.2, 0.25) is 0 Å². The molecule has 2 aliphatic rings. The summed E-state index contributed by atoms with van der Waals surface area (Å²) in [5.41, 5.74) is 5.07. The lowest BCUT2D eigenvalue weighted by Crippen LogP contribution is -2.44. The molecule has 0 unspecified atom stereocenters. The Labute approximate surface area is 201 Å². The first-order valence-electron chi connectivity index (χ1n) is 10.3. The van der Waals surface area contributed by atoms with Gasteiger partial charge in [0.1, 0.15) is 9.81 Å². The van der Waals surface area contributed by atoms with E-state index >= 15 is 0 Å². The number of fused-ring (bicyclic) bond motifs is 1. The maximum absolute atomic E-state index is 12.5. The third kappa shape index (κ3) is 4.45. The van der Waals surface area contributed by atoms with Crippen LogP contribution in [0, 0.1) is 6.92 Å². The fourth-order valence-electron chi connectivity index (χ4n) is 3.65. The molecule has 1 N–H and O–H groups in total. The quantitative estimate of drug-likeness (QED) is 0.567. The molecule has 170 valence electrons. The van der Waals surface area contributed by atoms with Crippen LogP contribution in [0.3, 0.4) is 0 Å². The number of methoxy groups -OCH3 is 2. The van der Waals surface area contributed by atoms with Gasteiger partial charge in [-0.2, -0.15) is 0 Å². The van der Waals surface area contributed by atoms with Crippen LogP contribution in [0.1, 0.15) is 25.0 Å². The highest BCUT2D eigenvalue weighted by Gasteiger charge is 2.41. The number of carbonyl (C=O) groups excluding carboxylic acids is 2. The minimum atomic E-state index is -0.568. The molecular weight excluding hydrogens is 456 g/mol. The number of para-hydroxylation sites is 1. The van der Waals surface area contributed by atoms with E-state index in [0.717, 1.165) is 38.0 Å². The number of aliphatic imine (C=N–C) groups is 1. The van der Waals surface area contributed by atoms with Crippen molar-refractivity contribution in [3.05, 3.63) is 73.7 Å². The fraction of sp³-hybridized carbons (Fsp3) is 0.240. The van der Waals surface area contributed by atoms with Gasteiger partial charge >= 0.3 is 11.9 Å². The SMILES string of the molecule is COC(=O)C1=C(C(=O)OC)SC(=C2C(=Nc3ccc(C)cc3)C(C)(C)Nc3ccccc32)S1. The monoisotopic (exact) mass is 480 g/mol. The van der Waals surface area contributed by atoms with Crippen molar-refractivity contribution in [2.75, 3.05) is 19.5 Å². The van der Waals surface area contributed by atoms with Gasteiger partial charge in [-0.25, -0.2) is 9.59 Å². The average Bonchev–Trinajstić information content (AvgIpc) is 3.24. The van der Waals surface area contributed by atoms with Crippen molar-refractivity contribution in [2.45, 2.75) is 26.3 Å². The van der Waals surface area contributed by atoms with E-state index in [1.54, 1.807) is 0 Å². The van der Waals surface area contributed by atoms with Crippen molar-refractivity contribution in [1.82, 2.24) is 0 Å². The van der Waals surface area contributed by atoms with Crippen LogP contribution in [-0.4, -0.2) is 37.4 Å². The highest BCUT2D eigenvalue weighted by molar-refractivity contribution is 8.29. The largest absolute Gasteiger partial charge is 0.465 e. The van der Waals surface area contributed by atoms with Crippen molar-refractivity contribution in [1.29, 1.82) is 0 Å². The van der Waals surface area contributed by atoms with Crippen LogP contribution in [0.4, 0.5) is 11.4 Å². The minimum absolute atomic E-state index is 0.223. The zero-order chi connectivity index (χ0) is 23.8. The molecule has 8 heteroatoms. The van der Waals surface area contributed by atoms with Crippen LogP contribution in [-0.2, 0) is 19.1 Å². The van der Waals surface area contributed by atoms with Crippen LogP contribution < -0.4 is 5.32 Å². The molecule has 6 nitrogen and oxygen atoms in total. The van der Waals surface area contributed by atoms with Gasteiger partial charge < -0.3 is 14.8 Å². The van der Waals surface area contributed by atoms with Crippen molar-refractivity contribution >= 4 is 58.1 Å². The molecule has 33 heavy (non-hydrogen) atoms. The molecule has 0 aromatic heterocycles. The van der Waals surface area contributed by atoms with E-state index in [4.69, 9.17) is 14.5 Å². The van der Waals surface area contributed by atoms with E-state index in [0.29, 0.717) is 0 Å². The van der Waals surface area contributed by atoms with Gasteiger partial charge in [0.05, 0.1) is 35.4 Å². The molecule has 2 heterocycles. The second-order valence-electron chi connectivity index (χ2n) is 8.10. The number of hydrogen-bond acceptors (Lipinski definition) is 8. The highest BCUT2D eigenvalue weighted by Crippen LogP contribution is 2.55. The topological polar surface area (TPSA) is 77.0 Å². The number of benzene rings is 2. The standard InChI is InChI=1S/C25H24N2O4S2/c1-14-10-12-15(13-11-14)26-21-18(16-8-6-7-9-17(16)27-25(21,2)3)24-32-19(22(28)30-4)20(33-24)23(29)31-5/h6-13,27H,1-5H3. The lowest BCUT2D eigenvalue weighted by atomic mass is 9.83. The van der Waals surface area contributed by atoms with Crippen LogP contribution in [0.5, 0.6) is 0 Å². The van der Waals surface area contributed by atoms with Crippen molar-refractivity contribution in [3.63, 3.8) is 0 Å². The van der Waals surface area contributed by atoms with Crippen LogP contribution in [0.25, 0.3) is 5.57 Å². The summed E-state index contributed by atoms with van der Waals surface area (Å²) in [5, 5.41) is 3.58.